The molecule has 3 heterocycles. The molecule has 2 saturated heterocycles. The van der Waals surface area contributed by atoms with E-state index in [1.807, 2.05) is 4.90 Å². The topological polar surface area (TPSA) is 120 Å². The van der Waals surface area contributed by atoms with E-state index < -0.39 is 17.6 Å². The van der Waals surface area contributed by atoms with E-state index in [0.717, 1.165) is 25.7 Å². The Morgan fingerprint density at radius 3 is 2.66 bits per heavy atom. The number of hydrogen-bond donors (Lipinski definition) is 3. The average molecular weight is 471 g/mol. The molecular weight excluding hydrogens is 443 g/mol. The van der Waals surface area contributed by atoms with E-state index in [0.29, 0.717) is 55.5 Å². The second-order valence-corrected chi connectivity index (χ2v) is 9.20. The van der Waals surface area contributed by atoms with E-state index in [1.165, 1.54) is 0 Å². The lowest BCUT2D eigenvalue weighted by Gasteiger charge is -2.23. The maximum atomic E-state index is 15.2. The molecule has 0 spiro atoms. The van der Waals surface area contributed by atoms with Crippen molar-refractivity contribution in [3.8, 4) is 0 Å². The third kappa shape index (κ3) is 5.21. The highest BCUT2D eigenvalue weighted by Crippen LogP contribution is 2.34. The fourth-order valence-electron chi connectivity index (χ4n) is 4.97. The van der Waals surface area contributed by atoms with Crippen LogP contribution in [0.25, 0.3) is 0 Å². The average Bonchev–Trinajstić information content (AvgIpc) is 3.51. The number of nitrogens with one attached hydrogen (secondary N) is 2. The van der Waals surface area contributed by atoms with Gasteiger partial charge in [-0.05, 0) is 23.9 Å². The third-order valence-electron chi connectivity index (χ3n) is 6.64. The molecule has 1 aliphatic carbocycles. The molecule has 2 unspecified atom stereocenters. The molecule has 2 amide bonds. The van der Waals surface area contributed by atoms with Crippen LogP contribution in [-0.2, 0) is 14.3 Å². The van der Waals surface area contributed by atoms with Crippen molar-refractivity contribution in [3.05, 3.63) is 11.1 Å². The molecule has 2 aliphatic heterocycles. The van der Waals surface area contributed by atoms with Gasteiger partial charge in [-0.3, -0.25) is 25.6 Å². The minimum absolute atomic E-state index is 0.0844. The van der Waals surface area contributed by atoms with Gasteiger partial charge < -0.3 is 9.64 Å². The van der Waals surface area contributed by atoms with Crippen LogP contribution in [0.5, 0.6) is 0 Å². The molecule has 0 radical (unpaired) electrons. The molecule has 0 aromatic carbocycles. The van der Waals surface area contributed by atoms with Gasteiger partial charge in [0.15, 0.2) is 11.6 Å². The van der Waals surface area contributed by atoms with Gasteiger partial charge in [-0.2, -0.15) is 14.4 Å². The summed E-state index contributed by atoms with van der Waals surface area (Å²) in [5, 5.41) is 9.90. The van der Waals surface area contributed by atoms with E-state index in [2.05, 4.69) is 20.8 Å². The molecule has 3 atom stereocenters. The molecule has 4 rings (SSSR count). The fourth-order valence-corrected chi connectivity index (χ4v) is 5.13. The number of rotatable bonds is 9. The Hall–Kier alpha value is -2.24. The number of carbonyl (C=O) groups excluding carboxylic acids is 2. The Kier molecular flexibility index (Phi) is 7.27. The molecule has 12 heteroatoms. The number of carbonyl (C=O) groups is 2. The lowest BCUT2D eigenvalue weighted by atomic mass is 9.92. The predicted octanol–water partition coefficient (Wildman–Crippen LogP) is 1.84. The smallest absolute Gasteiger partial charge is 0.243 e. The lowest BCUT2D eigenvalue weighted by Crippen LogP contribution is -2.41. The number of amides is 2. The number of hydroxylamine groups is 2. The van der Waals surface area contributed by atoms with Gasteiger partial charge in [0.2, 0.25) is 23.4 Å². The van der Waals surface area contributed by atoms with Crippen molar-refractivity contribution in [1.29, 1.82) is 0 Å². The normalized spacial score (nSPS) is 23.8. The zero-order chi connectivity index (χ0) is 22.7. The van der Waals surface area contributed by atoms with Crippen molar-refractivity contribution in [2.24, 2.45) is 23.7 Å². The summed E-state index contributed by atoms with van der Waals surface area (Å²) in [6.45, 7) is 2.37. The monoisotopic (exact) mass is 470 g/mol. The van der Waals surface area contributed by atoms with Crippen LogP contribution in [0.1, 0.15) is 32.1 Å². The number of halogens is 2. The van der Waals surface area contributed by atoms with Gasteiger partial charge in [0.1, 0.15) is 0 Å². The Labute approximate surface area is 190 Å². The first-order valence-electron chi connectivity index (χ1n) is 11.0. The fraction of sp³-hybridized carbons (Fsp3) is 0.700. The number of hydrazine groups is 1. The minimum atomic E-state index is -0.709. The molecule has 0 bridgehead atoms. The molecule has 1 aromatic rings. The maximum Gasteiger partial charge on any atom is 0.243 e. The zero-order valence-corrected chi connectivity index (χ0v) is 18.4. The van der Waals surface area contributed by atoms with E-state index >= 15 is 4.39 Å². The van der Waals surface area contributed by atoms with E-state index in [4.69, 9.17) is 16.3 Å². The van der Waals surface area contributed by atoms with Crippen LogP contribution >= 0.6 is 11.6 Å². The van der Waals surface area contributed by atoms with Crippen LogP contribution in [0.4, 0.5) is 16.0 Å². The number of aromatic nitrogens is 2. The summed E-state index contributed by atoms with van der Waals surface area (Å²) in [5.41, 5.74) is 4.97. The first-order chi connectivity index (χ1) is 15.4. The first kappa shape index (κ1) is 22.9. The SMILES string of the molecule is O=CN(O)C[C@@H](CC1CCCC1)C(=O)NNc1nc(Cl)nc(N2CC3COCC3C2)c1F. The van der Waals surface area contributed by atoms with Gasteiger partial charge in [-0.25, -0.2) is 5.06 Å². The molecule has 176 valence electrons. The number of hydrogen-bond acceptors (Lipinski definition) is 8. The summed E-state index contributed by atoms with van der Waals surface area (Å²) >= 11 is 6.03. The van der Waals surface area contributed by atoms with Crippen LogP contribution in [0.3, 0.4) is 0 Å². The van der Waals surface area contributed by atoms with Crippen molar-refractivity contribution in [2.45, 2.75) is 32.1 Å². The van der Waals surface area contributed by atoms with Gasteiger partial charge in [0.25, 0.3) is 0 Å². The van der Waals surface area contributed by atoms with E-state index in [-0.39, 0.29) is 29.9 Å². The van der Waals surface area contributed by atoms with E-state index in [1.54, 1.807) is 0 Å². The van der Waals surface area contributed by atoms with Crippen molar-refractivity contribution < 1.29 is 23.9 Å². The molecule has 1 saturated carbocycles. The Morgan fingerprint density at radius 2 is 2.00 bits per heavy atom. The second-order valence-electron chi connectivity index (χ2n) is 8.87. The molecule has 3 aliphatic rings. The summed E-state index contributed by atoms with van der Waals surface area (Å²) in [5.74, 6) is -0.982. The van der Waals surface area contributed by atoms with Crippen LogP contribution in [-0.4, -0.2) is 65.4 Å². The van der Waals surface area contributed by atoms with Crippen LogP contribution in [0.15, 0.2) is 0 Å². The summed E-state index contributed by atoms with van der Waals surface area (Å²) in [7, 11) is 0. The molecule has 3 fully saturated rings. The third-order valence-corrected chi connectivity index (χ3v) is 6.81. The van der Waals surface area contributed by atoms with Crippen LogP contribution in [0.2, 0.25) is 5.28 Å². The quantitative estimate of drug-likeness (QED) is 0.216. The highest BCUT2D eigenvalue weighted by molar-refractivity contribution is 6.28. The van der Waals surface area contributed by atoms with Crippen molar-refractivity contribution in [2.75, 3.05) is 43.2 Å². The van der Waals surface area contributed by atoms with Gasteiger partial charge in [-0.1, -0.05) is 25.7 Å². The molecular formula is C20H28ClFN6O4. The summed E-state index contributed by atoms with van der Waals surface area (Å²) < 4.78 is 20.6. The zero-order valence-electron chi connectivity index (χ0n) is 17.7. The first-order valence-corrected chi connectivity index (χ1v) is 11.3. The molecule has 32 heavy (non-hydrogen) atoms. The number of anilines is 2. The number of ether oxygens (including phenoxy) is 1. The molecule has 1 aromatic heterocycles. The van der Waals surface area contributed by atoms with Crippen molar-refractivity contribution in [1.82, 2.24) is 20.5 Å². The van der Waals surface area contributed by atoms with Gasteiger partial charge in [0.05, 0.1) is 25.7 Å². The maximum absolute atomic E-state index is 15.2. The Balaban J connectivity index is 1.42. The predicted molar refractivity (Wildman–Crippen MR) is 113 cm³/mol. The van der Waals surface area contributed by atoms with Crippen molar-refractivity contribution >= 4 is 35.6 Å². The highest BCUT2D eigenvalue weighted by Gasteiger charge is 2.39. The molecule has 10 nitrogen and oxygen atoms in total. The number of nitrogens with zero attached hydrogens (tertiary/aromatic N) is 4. The second kappa shape index (κ2) is 10.1. The lowest BCUT2D eigenvalue weighted by molar-refractivity contribution is -0.154. The number of fused-ring (bicyclic) bond motifs is 1. The van der Waals surface area contributed by atoms with Crippen LogP contribution in [0, 0.1) is 29.5 Å². The Bertz CT molecular complexity index is 831. The highest BCUT2D eigenvalue weighted by atomic mass is 35.5. The van der Waals surface area contributed by atoms with Gasteiger partial charge in [0, 0.05) is 24.9 Å². The van der Waals surface area contributed by atoms with Gasteiger partial charge >= 0.3 is 0 Å². The Morgan fingerprint density at radius 1 is 1.31 bits per heavy atom. The largest absolute Gasteiger partial charge is 0.381 e. The van der Waals surface area contributed by atoms with Crippen LogP contribution < -0.4 is 15.8 Å². The summed E-state index contributed by atoms with van der Waals surface area (Å²) in [6, 6.07) is 0. The van der Waals surface area contributed by atoms with Crippen molar-refractivity contribution in [3.63, 3.8) is 0 Å². The van der Waals surface area contributed by atoms with E-state index in [9.17, 15) is 14.8 Å². The standard InChI is InChI=1S/C20H28ClFN6O4/c21-20-23-17(16(22)18(24-20)27-6-14-9-32-10-15(14)7-27)25-26-19(30)13(8-28(31)11-29)5-12-3-1-2-4-12/h11-15,31H,1-10H2,(H,26,30)(H,23,24,25)/t13-,14?,15?/m1/s1. The summed E-state index contributed by atoms with van der Waals surface area (Å²) in [4.78, 5) is 33.4. The summed E-state index contributed by atoms with van der Waals surface area (Å²) in [6.07, 6.45) is 5.00. The minimum Gasteiger partial charge on any atom is -0.381 e. The molecule has 3 N–H and O–H groups in total. The van der Waals surface area contributed by atoms with Gasteiger partial charge in [-0.15, -0.1) is 0 Å².